The molecule has 7 heteroatoms. The lowest BCUT2D eigenvalue weighted by Crippen LogP contribution is -2.49. The van der Waals surface area contributed by atoms with Crippen LogP contribution in [0.3, 0.4) is 0 Å². The lowest BCUT2D eigenvalue weighted by molar-refractivity contribution is 0.0530. The Bertz CT molecular complexity index is 689. The van der Waals surface area contributed by atoms with Crippen LogP contribution < -0.4 is 0 Å². The Morgan fingerprint density at radius 2 is 1.91 bits per heavy atom. The van der Waals surface area contributed by atoms with E-state index < -0.39 is 9.84 Å². The highest BCUT2D eigenvalue weighted by Gasteiger charge is 2.39. The second kappa shape index (κ2) is 6.26. The Morgan fingerprint density at radius 1 is 1.22 bits per heavy atom. The van der Waals surface area contributed by atoms with Gasteiger partial charge < -0.3 is 4.90 Å². The van der Waals surface area contributed by atoms with Gasteiger partial charge in [-0.15, -0.1) is 0 Å². The molecule has 23 heavy (non-hydrogen) atoms. The zero-order chi connectivity index (χ0) is 16.6. The first-order valence-electron chi connectivity index (χ1n) is 8.41. The highest BCUT2D eigenvalue weighted by molar-refractivity contribution is 7.91. The summed E-state index contributed by atoms with van der Waals surface area (Å²) in [6.45, 7) is 1.86. The second-order valence-corrected chi connectivity index (χ2v) is 9.08. The summed E-state index contributed by atoms with van der Waals surface area (Å²) in [6.07, 6.45) is 5.92. The lowest BCUT2D eigenvalue weighted by Gasteiger charge is -2.38. The fourth-order valence-corrected chi connectivity index (χ4v) is 5.64. The standard InChI is InChI=1S/C16H25N3O3S/c1-12-10-15(18(2)17-12)16(20)19(13-6-4-3-5-7-13)14-8-9-23(21,22)11-14/h10,13-14H,3-9,11H2,1-2H3. The Kier molecular flexibility index (Phi) is 4.49. The van der Waals surface area contributed by atoms with Gasteiger partial charge in [-0.2, -0.15) is 5.10 Å². The van der Waals surface area contributed by atoms with E-state index in [0.29, 0.717) is 12.1 Å². The smallest absolute Gasteiger partial charge is 0.272 e. The first-order valence-corrected chi connectivity index (χ1v) is 10.2. The van der Waals surface area contributed by atoms with Crippen molar-refractivity contribution in [1.82, 2.24) is 14.7 Å². The largest absolute Gasteiger partial charge is 0.330 e. The highest BCUT2D eigenvalue weighted by Crippen LogP contribution is 2.29. The van der Waals surface area contributed by atoms with Crippen molar-refractivity contribution < 1.29 is 13.2 Å². The minimum Gasteiger partial charge on any atom is -0.330 e. The number of sulfone groups is 1. The van der Waals surface area contributed by atoms with Gasteiger partial charge in [0.05, 0.1) is 17.2 Å². The van der Waals surface area contributed by atoms with Crippen LogP contribution in [-0.2, 0) is 16.9 Å². The molecule has 1 saturated carbocycles. The molecule has 0 spiro atoms. The van der Waals surface area contributed by atoms with E-state index in [1.807, 2.05) is 11.8 Å². The van der Waals surface area contributed by atoms with E-state index in [1.54, 1.807) is 17.8 Å². The molecule has 2 fully saturated rings. The van der Waals surface area contributed by atoms with Crippen LogP contribution in [-0.4, -0.2) is 52.6 Å². The highest BCUT2D eigenvalue weighted by atomic mass is 32.2. The van der Waals surface area contributed by atoms with Gasteiger partial charge in [-0.25, -0.2) is 8.42 Å². The van der Waals surface area contributed by atoms with E-state index in [-0.39, 0.29) is 29.5 Å². The van der Waals surface area contributed by atoms with Crippen molar-refractivity contribution in [2.24, 2.45) is 7.05 Å². The molecule has 1 aliphatic carbocycles. The minimum atomic E-state index is -3.02. The van der Waals surface area contributed by atoms with Gasteiger partial charge in [0.1, 0.15) is 5.69 Å². The maximum atomic E-state index is 13.1. The van der Waals surface area contributed by atoms with Gasteiger partial charge in [-0.3, -0.25) is 9.48 Å². The van der Waals surface area contributed by atoms with Crippen LogP contribution in [0.15, 0.2) is 6.07 Å². The molecule has 3 rings (SSSR count). The maximum Gasteiger partial charge on any atom is 0.272 e. The third-order valence-corrected chi connectivity index (χ3v) is 6.78. The van der Waals surface area contributed by atoms with E-state index in [1.165, 1.54) is 6.42 Å². The molecule has 1 aromatic rings. The van der Waals surface area contributed by atoms with Gasteiger partial charge in [-0.05, 0) is 32.3 Å². The number of nitrogens with zero attached hydrogens (tertiary/aromatic N) is 3. The van der Waals surface area contributed by atoms with Gasteiger partial charge in [-0.1, -0.05) is 19.3 Å². The molecular weight excluding hydrogens is 314 g/mol. The van der Waals surface area contributed by atoms with Crippen LogP contribution in [0, 0.1) is 6.92 Å². The Hall–Kier alpha value is -1.37. The molecule has 1 atom stereocenters. The summed E-state index contributed by atoms with van der Waals surface area (Å²) in [6, 6.07) is 1.76. The van der Waals surface area contributed by atoms with Crippen molar-refractivity contribution >= 4 is 15.7 Å². The van der Waals surface area contributed by atoms with Crippen molar-refractivity contribution in [3.8, 4) is 0 Å². The van der Waals surface area contributed by atoms with Gasteiger partial charge in [0, 0.05) is 19.1 Å². The van der Waals surface area contributed by atoms with Gasteiger partial charge in [0.25, 0.3) is 5.91 Å². The topological polar surface area (TPSA) is 72.3 Å². The number of carbonyl (C=O) groups excluding carboxylic acids is 1. The quantitative estimate of drug-likeness (QED) is 0.840. The molecule has 6 nitrogen and oxygen atoms in total. The van der Waals surface area contributed by atoms with Crippen LogP contribution in [0.5, 0.6) is 0 Å². The number of hydrogen-bond donors (Lipinski definition) is 0. The molecule has 128 valence electrons. The first-order chi connectivity index (χ1) is 10.9. The summed E-state index contributed by atoms with van der Waals surface area (Å²) < 4.78 is 25.4. The Morgan fingerprint density at radius 3 is 2.43 bits per heavy atom. The van der Waals surface area contributed by atoms with Crippen molar-refractivity contribution in [3.05, 3.63) is 17.5 Å². The van der Waals surface area contributed by atoms with E-state index in [9.17, 15) is 13.2 Å². The molecule has 1 aromatic heterocycles. The van der Waals surface area contributed by atoms with Crippen molar-refractivity contribution in [1.29, 1.82) is 0 Å². The number of hydrogen-bond acceptors (Lipinski definition) is 4. The van der Waals surface area contributed by atoms with E-state index in [2.05, 4.69) is 5.10 Å². The Balaban J connectivity index is 1.91. The zero-order valence-corrected chi connectivity index (χ0v) is 14.7. The van der Waals surface area contributed by atoms with E-state index >= 15 is 0 Å². The average Bonchev–Trinajstić information content (AvgIpc) is 3.02. The monoisotopic (exact) mass is 339 g/mol. The molecule has 1 aliphatic heterocycles. The summed E-state index contributed by atoms with van der Waals surface area (Å²) in [7, 11) is -1.25. The molecule has 0 bridgehead atoms. The molecule has 2 aliphatic rings. The molecule has 1 unspecified atom stereocenters. The summed E-state index contributed by atoms with van der Waals surface area (Å²) in [5.41, 5.74) is 1.36. The van der Waals surface area contributed by atoms with Crippen LogP contribution in [0.25, 0.3) is 0 Å². The third-order valence-electron chi connectivity index (χ3n) is 5.03. The molecule has 0 radical (unpaired) electrons. The SMILES string of the molecule is Cc1cc(C(=O)N(C2CCCCC2)C2CCS(=O)(=O)C2)n(C)n1. The van der Waals surface area contributed by atoms with Crippen molar-refractivity contribution in [3.63, 3.8) is 0 Å². The first kappa shape index (κ1) is 16.5. The van der Waals surface area contributed by atoms with Gasteiger partial charge in [0.15, 0.2) is 9.84 Å². The number of aryl methyl sites for hydroxylation is 2. The van der Waals surface area contributed by atoms with Crippen LogP contribution in [0.2, 0.25) is 0 Å². The maximum absolute atomic E-state index is 13.1. The summed E-state index contributed by atoms with van der Waals surface area (Å²) in [5, 5.41) is 4.27. The zero-order valence-electron chi connectivity index (χ0n) is 13.9. The van der Waals surface area contributed by atoms with Crippen LogP contribution >= 0.6 is 0 Å². The molecular formula is C16H25N3O3S. The summed E-state index contributed by atoms with van der Waals surface area (Å²) in [5.74, 6) is 0.229. The van der Waals surface area contributed by atoms with Crippen molar-refractivity contribution in [2.75, 3.05) is 11.5 Å². The number of carbonyl (C=O) groups is 1. The number of rotatable bonds is 3. The Labute approximate surface area is 137 Å². The number of amides is 1. The van der Waals surface area contributed by atoms with Crippen molar-refractivity contribution in [2.45, 2.75) is 57.5 Å². The van der Waals surface area contributed by atoms with E-state index in [0.717, 1.165) is 31.4 Å². The molecule has 1 saturated heterocycles. The second-order valence-electron chi connectivity index (χ2n) is 6.86. The fraction of sp³-hybridized carbons (Fsp3) is 0.750. The molecule has 0 N–H and O–H groups in total. The molecule has 0 aromatic carbocycles. The fourth-order valence-electron chi connectivity index (χ4n) is 3.93. The molecule has 2 heterocycles. The number of aromatic nitrogens is 2. The predicted octanol–water partition coefficient (Wildman–Crippen LogP) is 1.69. The molecule has 1 amide bonds. The summed E-state index contributed by atoms with van der Waals surface area (Å²) >= 11 is 0. The predicted molar refractivity (Wildman–Crippen MR) is 88.0 cm³/mol. The third kappa shape index (κ3) is 3.44. The average molecular weight is 339 g/mol. The lowest BCUT2D eigenvalue weighted by atomic mass is 9.92. The summed E-state index contributed by atoms with van der Waals surface area (Å²) in [4.78, 5) is 15.0. The van der Waals surface area contributed by atoms with Crippen LogP contribution in [0.1, 0.15) is 54.7 Å². The van der Waals surface area contributed by atoms with E-state index in [4.69, 9.17) is 0 Å². The van der Waals surface area contributed by atoms with Crippen LogP contribution in [0.4, 0.5) is 0 Å². The van der Waals surface area contributed by atoms with Gasteiger partial charge >= 0.3 is 0 Å². The van der Waals surface area contributed by atoms with Gasteiger partial charge in [0.2, 0.25) is 0 Å². The minimum absolute atomic E-state index is 0.0675. The normalized spacial score (nSPS) is 24.7.